The zero-order chi connectivity index (χ0) is 33.3. The van der Waals surface area contributed by atoms with Crippen molar-refractivity contribution in [2.45, 2.75) is 63.9 Å². The second-order valence-electron chi connectivity index (χ2n) is 14.3. The van der Waals surface area contributed by atoms with Crippen LogP contribution in [0, 0.1) is 17.3 Å². The standard InChI is InChI=1S/C21H25N5O2.C18H24O2/c1-28-19-10-6-5-9-18(19)25-15-13-24(14-16-25)12-11-20-22-23-21(27)26(20)17-7-3-2-4-8-17;1-18-9-8-14-13-5-3-12(19)10-11(13)2-4-15(14)16(18)6-7-17(18)20/h2-10H,11-16H2,1H3,(H,23,27);3,5,10,14-17,19-20H,2,4,6-9H2,1H3/t;14-,15-,16+,17+,18+/m.1/s1. The van der Waals surface area contributed by atoms with E-state index >= 15 is 0 Å². The summed E-state index contributed by atoms with van der Waals surface area (Å²) >= 11 is 0. The summed E-state index contributed by atoms with van der Waals surface area (Å²) in [5.74, 6) is 4.17. The van der Waals surface area contributed by atoms with E-state index < -0.39 is 0 Å². The summed E-state index contributed by atoms with van der Waals surface area (Å²) in [6, 6.07) is 23.7. The number of fused-ring (bicyclic) bond motifs is 5. The van der Waals surface area contributed by atoms with Crippen LogP contribution in [0.5, 0.6) is 11.5 Å². The maximum Gasteiger partial charge on any atom is 0.347 e. The lowest BCUT2D eigenvalue weighted by atomic mass is 9.55. The van der Waals surface area contributed by atoms with Gasteiger partial charge in [-0.15, -0.1) is 0 Å². The Balaban J connectivity index is 0.000000160. The topological polar surface area (TPSA) is 107 Å². The second-order valence-corrected chi connectivity index (χ2v) is 14.3. The Morgan fingerprint density at radius 1 is 0.958 bits per heavy atom. The number of methoxy groups -OCH3 is 1. The average Bonchev–Trinajstić information content (AvgIpc) is 3.65. The molecule has 0 amide bonds. The van der Waals surface area contributed by atoms with Gasteiger partial charge in [-0.1, -0.05) is 43.3 Å². The van der Waals surface area contributed by atoms with Gasteiger partial charge >= 0.3 is 5.69 Å². The quantitative estimate of drug-likeness (QED) is 0.251. The van der Waals surface area contributed by atoms with E-state index in [2.05, 4.69) is 39.1 Å². The lowest BCUT2D eigenvalue weighted by Crippen LogP contribution is -2.47. The monoisotopic (exact) mass is 651 g/mol. The molecule has 0 bridgehead atoms. The third-order valence-corrected chi connectivity index (χ3v) is 11.9. The third kappa shape index (κ3) is 6.26. The summed E-state index contributed by atoms with van der Waals surface area (Å²) in [4.78, 5) is 16.9. The molecule has 1 aliphatic heterocycles. The van der Waals surface area contributed by atoms with Crippen LogP contribution in [0.4, 0.5) is 5.69 Å². The van der Waals surface area contributed by atoms with E-state index in [1.807, 2.05) is 60.7 Å². The van der Waals surface area contributed by atoms with E-state index in [1.165, 1.54) is 30.4 Å². The third-order valence-electron chi connectivity index (χ3n) is 11.9. The van der Waals surface area contributed by atoms with Crippen LogP contribution in [0.1, 0.15) is 61.9 Å². The molecule has 5 atom stereocenters. The molecule has 48 heavy (non-hydrogen) atoms. The molecule has 254 valence electrons. The Morgan fingerprint density at radius 3 is 2.52 bits per heavy atom. The number of benzene rings is 3. The van der Waals surface area contributed by atoms with Crippen molar-refractivity contribution in [3.05, 3.63) is 100 Å². The van der Waals surface area contributed by atoms with Crippen molar-refractivity contribution in [2.75, 3.05) is 44.7 Å². The number of aryl methyl sites for hydroxylation is 1. The van der Waals surface area contributed by atoms with Crippen LogP contribution in [-0.2, 0) is 12.8 Å². The van der Waals surface area contributed by atoms with E-state index in [9.17, 15) is 15.0 Å². The fraction of sp³-hybridized carbons (Fsp3) is 0.487. The van der Waals surface area contributed by atoms with Gasteiger partial charge in [0, 0.05) is 39.1 Å². The molecular weight excluding hydrogens is 602 g/mol. The number of aromatic hydroxyl groups is 1. The number of ether oxygens (including phenoxy) is 1. The largest absolute Gasteiger partial charge is 0.508 e. The van der Waals surface area contributed by atoms with E-state index in [1.54, 1.807) is 11.7 Å². The predicted octanol–water partition coefficient (Wildman–Crippen LogP) is 5.54. The molecule has 4 aromatic rings. The normalized spacial score (nSPS) is 26.5. The molecule has 1 aromatic heterocycles. The van der Waals surface area contributed by atoms with Crippen molar-refractivity contribution in [1.29, 1.82) is 0 Å². The number of aromatic amines is 1. The first-order valence-corrected chi connectivity index (χ1v) is 17.7. The van der Waals surface area contributed by atoms with E-state index in [4.69, 9.17) is 4.74 Å². The Hall–Kier alpha value is -4.08. The molecule has 9 heteroatoms. The van der Waals surface area contributed by atoms with Crippen LogP contribution in [0.15, 0.2) is 77.6 Å². The van der Waals surface area contributed by atoms with Crippen molar-refractivity contribution in [2.24, 2.45) is 17.3 Å². The summed E-state index contributed by atoms with van der Waals surface area (Å²) in [6.45, 7) is 7.03. The van der Waals surface area contributed by atoms with Crippen molar-refractivity contribution >= 4 is 5.69 Å². The number of para-hydroxylation sites is 3. The highest BCUT2D eigenvalue weighted by atomic mass is 16.5. The number of nitrogens with one attached hydrogen (secondary N) is 1. The van der Waals surface area contributed by atoms with Gasteiger partial charge in [0.1, 0.15) is 17.3 Å². The van der Waals surface area contributed by atoms with Gasteiger partial charge in [-0.2, -0.15) is 5.10 Å². The lowest BCUT2D eigenvalue weighted by Gasteiger charge is -2.50. The van der Waals surface area contributed by atoms with Gasteiger partial charge in [-0.05, 0) is 109 Å². The molecule has 0 radical (unpaired) electrons. The van der Waals surface area contributed by atoms with Crippen LogP contribution in [0.3, 0.4) is 0 Å². The van der Waals surface area contributed by atoms with Crippen molar-refractivity contribution < 1.29 is 14.9 Å². The Labute approximate surface area is 283 Å². The smallest absolute Gasteiger partial charge is 0.347 e. The maximum atomic E-state index is 12.2. The lowest BCUT2D eigenvalue weighted by molar-refractivity contribution is -0.0226. The molecule has 3 fully saturated rings. The summed E-state index contributed by atoms with van der Waals surface area (Å²) in [7, 11) is 1.71. The zero-order valence-corrected chi connectivity index (χ0v) is 28.2. The minimum atomic E-state index is -0.192. The molecular formula is C39H49N5O4. The van der Waals surface area contributed by atoms with Crippen molar-refractivity contribution in [1.82, 2.24) is 19.7 Å². The van der Waals surface area contributed by atoms with E-state index in [0.29, 0.717) is 17.6 Å². The highest BCUT2D eigenvalue weighted by Gasteiger charge is 2.54. The van der Waals surface area contributed by atoms with Gasteiger partial charge in [-0.3, -0.25) is 4.90 Å². The number of H-pyrrole nitrogens is 1. The zero-order valence-electron chi connectivity index (χ0n) is 28.2. The fourth-order valence-electron chi connectivity index (χ4n) is 9.24. The molecule has 3 aromatic carbocycles. The molecule has 9 nitrogen and oxygen atoms in total. The molecule has 0 unspecified atom stereocenters. The fourth-order valence-corrected chi connectivity index (χ4v) is 9.24. The number of nitrogens with zero attached hydrogens (tertiary/aromatic N) is 4. The van der Waals surface area contributed by atoms with Crippen LogP contribution in [0.2, 0.25) is 0 Å². The number of aliphatic hydroxyl groups excluding tert-OH is 1. The predicted molar refractivity (Wildman–Crippen MR) is 188 cm³/mol. The van der Waals surface area contributed by atoms with Gasteiger partial charge in [0.15, 0.2) is 0 Å². The number of hydrogen-bond donors (Lipinski definition) is 3. The summed E-state index contributed by atoms with van der Waals surface area (Å²) in [6.07, 6.45) is 7.50. The minimum absolute atomic E-state index is 0.0883. The van der Waals surface area contributed by atoms with E-state index in [0.717, 1.165) is 87.3 Å². The average molecular weight is 652 g/mol. The minimum Gasteiger partial charge on any atom is -0.508 e. The molecule has 1 saturated heterocycles. The van der Waals surface area contributed by atoms with Crippen molar-refractivity contribution in [3.8, 4) is 17.2 Å². The van der Waals surface area contributed by atoms with E-state index in [-0.39, 0.29) is 17.2 Å². The number of aliphatic hydroxyl groups is 1. The Kier molecular flexibility index (Phi) is 9.34. The summed E-state index contributed by atoms with van der Waals surface area (Å²) in [5.41, 5.74) is 4.79. The van der Waals surface area contributed by atoms with Gasteiger partial charge in [-0.25, -0.2) is 14.5 Å². The number of piperazine rings is 1. The van der Waals surface area contributed by atoms with Crippen LogP contribution in [0.25, 0.3) is 5.69 Å². The van der Waals surface area contributed by atoms with Gasteiger partial charge in [0.05, 0.1) is 24.6 Å². The molecule has 8 rings (SSSR count). The number of rotatable bonds is 6. The number of anilines is 1. The highest BCUT2D eigenvalue weighted by Crippen LogP contribution is 2.60. The van der Waals surface area contributed by atoms with Gasteiger partial charge in [0.25, 0.3) is 0 Å². The SMILES string of the molecule is COc1ccccc1N1CCN(CCc2n[nH]c(=O)n2-c2ccccc2)CC1.C[C@]12CC[C@@H]3c4ccc(O)cc4CC[C@H]3[C@@H]1CC[C@@H]2O. The Morgan fingerprint density at radius 2 is 1.73 bits per heavy atom. The first-order valence-electron chi connectivity index (χ1n) is 17.7. The number of phenols is 1. The summed E-state index contributed by atoms with van der Waals surface area (Å²) in [5, 5.41) is 26.9. The number of hydrogen-bond acceptors (Lipinski definition) is 7. The van der Waals surface area contributed by atoms with Gasteiger partial charge in [0.2, 0.25) is 0 Å². The second kappa shape index (κ2) is 13.8. The van der Waals surface area contributed by atoms with Crippen LogP contribution >= 0.6 is 0 Å². The van der Waals surface area contributed by atoms with Crippen LogP contribution < -0.4 is 15.3 Å². The maximum absolute atomic E-state index is 12.2. The molecule has 0 spiro atoms. The molecule has 2 heterocycles. The summed E-state index contributed by atoms with van der Waals surface area (Å²) < 4.78 is 7.15. The molecule has 3 aliphatic carbocycles. The van der Waals surface area contributed by atoms with Gasteiger partial charge < -0.3 is 19.8 Å². The molecule has 2 saturated carbocycles. The first kappa shape index (κ1) is 32.5. The highest BCUT2D eigenvalue weighted by molar-refractivity contribution is 5.58. The molecule has 4 aliphatic rings. The Bertz CT molecular complexity index is 1750. The number of phenolic OH excluding ortho intramolecular Hbond substituents is 1. The van der Waals surface area contributed by atoms with Crippen molar-refractivity contribution in [3.63, 3.8) is 0 Å². The number of aromatic nitrogens is 3. The molecule has 3 N–H and O–H groups in total. The van der Waals surface area contributed by atoms with Crippen LogP contribution in [-0.4, -0.2) is 75.8 Å². The first-order chi connectivity index (χ1) is 23.4.